The maximum atomic E-state index is 12.2. The van der Waals surface area contributed by atoms with Crippen molar-refractivity contribution < 1.29 is 4.79 Å². The normalized spacial score (nSPS) is 11.0. The molecule has 0 atom stereocenters. The summed E-state index contributed by atoms with van der Waals surface area (Å²) >= 11 is 0. The van der Waals surface area contributed by atoms with Gasteiger partial charge in [0.2, 0.25) is 0 Å². The van der Waals surface area contributed by atoms with Crippen molar-refractivity contribution in [3.05, 3.63) is 89.6 Å². The fraction of sp³-hybridized carbons (Fsp3) is 0.154. The molecule has 140 valence electrons. The minimum absolute atomic E-state index is 0.0111. The van der Waals surface area contributed by atoms with Crippen LogP contribution >= 0.6 is 0 Å². The molecule has 0 aliphatic rings. The molecule has 0 aliphatic carbocycles. The number of ketones is 1. The third-order valence-electron chi connectivity index (χ3n) is 4.87. The van der Waals surface area contributed by atoms with Gasteiger partial charge >= 0.3 is 0 Å². The zero-order valence-electron chi connectivity index (χ0n) is 16.7. The van der Waals surface area contributed by atoms with Gasteiger partial charge in [-0.2, -0.15) is 0 Å². The molecule has 1 heterocycles. The average Bonchev–Trinajstić information content (AvgIpc) is 2.73. The summed E-state index contributed by atoms with van der Waals surface area (Å²) < 4.78 is 0. The molecule has 0 amide bonds. The molecule has 0 saturated carbocycles. The summed E-state index contributed by atoms with van der Waals surface area (Å²) in [5.41, 5.74) is 7.65. The second-order valence-electron chi connectivity index (χ2n) is 6.74. The van der Waals surface area contributed by atoms with Gasteiger partial charge in [-0.1, -0.05) is 74.2 Å². The third kappa shape index (κ3) is 4.01. The summed E-state index contributed by atoms with van der Waals surface area (Å²) in [5, 5.41) is 0. The Kier molecular flexibility index (Phi) is 6.00. The number of carbonyl (C=O) groups is 1. The lowest BCUT2D eigenvalue weighted by Gasteiger charge is -2.11. The maximum Gasteiger partial charge on any atom is 0.160 e. The van der Waals surface area contributed by atoms with E-state index in [1.807, 2.05) is 25.1 Å². The van der Waals surface area contributed by atoms with Gasteiger partial charge in [0.05, 0.1) is 11.4 Å². The number of benzene rings is 2. The summed E-state index contributed by atoms with van der Waals surface area (Å²) in [4.78, 5) is 16.9. The molecular weight excluding hydrogens is 342 g/mol. The van der Waals surface area contributed by atoms with Crippen LogP contribution in [0.25, 0.3) is 34.5 Å². The molecule has 0 unspecified atom stereocenters. The first-order chi connectivity index (χ1) is 13.6. The number of aryl methyl sites for hydroxylation is 1. The first-order valence-electron chi connectivity index (χ1n) is 9.58. The Labute approximate surface area is 167 Å². The SMILES string of the molecule is C=Cc1c(C(C)=O)cc(-c2ccc(-c3ccc(CC)cc3)cc2)nc1/C=C\C. The van der Waals surface area contributed by atoms with E-state index in [2.05, 4.69) is 62.0 Å². The Morgan fingerprint density at radius 3 is 2.07 bits per heavy atom. The van der Waals surface area contributed by atoms with Crippen LogP contribution in [0.2, 0.25) is 0 Å². The summed E-state index contributed by atoms with van der Waals surface area (Å²) in [7, 11) is 0. The lowest BCUT2D eigenvalue weighted by atomic mass is 9.97. The minimum atomic E-state index is 0.0111. The summed E-state index contributed by atoms with van der Waals surface area (Å²) in [6, 6.07) is 18.8. The number of nitrogens with zero attached hydrogens (tertiary/aromatic N) is 1. The Morgan fingerprint density at radius 1 is 1.00 bits per heavy atom. The molecule has 0 spiro atoms. The van der Waals surface area contributed by atoms with Gasteiger partial charge in [-0.3, -0.25) is 4.79 Å². The second kappa shape index (κ2) is 8.62. The molecule has 0 aliphatic heterocycles. The van der Waals surface area contributed by atoms with Crippen LogP contribution in [0.3, 0.4) is 0 Å². The fourth-order valence-corrected chi connectivity index (χ4v) is 3.28. The van der Waals surface area contributed by atoms with Gasteiger partial charge in [0, 0.05) is 16.7 Å². The molecule has 1 aromatic heterocycles. The Hall–Kier alpha value is -3.26. The number of hydrogen-bond donors (Lipinski definition) is 0. The van der Waals surface area contributed by atoms with Gasteiger partial charge in [0.15, 0.2) is 5.78 Å². The van der Waals surface area contributed by atoms with Crippen LogP contribution in [0.5, 0.6) is 0 Å². The number of carbonyl (C=O) groups excluding carboxylic acids is 1. The van der Waals surface area contributed by atoms with Crippen LogP contribution in [0.4, 0.5) is 0 Å². The van der Waals surface area contributed by atoms with Crippen molar-refractivity contribution in [3.63, 3.8) is 0 Å². The third-order valence-corrected chi connectivity index (χ3v) is 4.87. The molecule has 0 N–H and O–H groups in total. The minimum Gasteiger partial charge on any atom is -0.294 e. The summed E-state index contributed by atoms with van der Waals surface area (Å²) in [6.07, 6.45) is 6.58. The second-order valence-corrected chi connectivity index (χ2v) is 6.74. The number of rotatable bonds is 6. The quantitative estimate of drug-likeness (QED) is 0.446. The molecule has 0 fully saturated rings. The molecule has 2 heteroatoms. The van der Waals surface area contributed by atoms with Crippen molar-refractivity contribution >= 4 is 17.9 Å². The van der Waals surface area contributed by atoms with Crippen molar-refractivity contribution in [1.29, 1.82) is 0 Å². The highest BCUT2D eigenvalue weighted by Crippen LogP contribution is 2.28. The lowest BCUT2D eigenvalue weighted by molar-refractivity contribution is 0.101. The van der Waals surface area contributed by atoms with E-state index in [1.54, 1.807) is 13.0 Å². The molecule has 28 heavy (non-hydrogen) atoms. The van der Waals surface area contributed by atoms with Gasteiger partial charge < -0.3 is 0 Å². The monoisotopic (exact) mass is 367 g/mol. The molecule has 2 aromatic carbocycles. The zero-order valence-corrected chi connectivity index (χ0v) is 16.7. The fourth-order valence-electron chi connectivity index (χ4n) is 3.28. The first-order valence-corrected chi connectivity index (χ1v) is 9.58. The summed E-state index contributed by atoms with van der Waals surface area (Å²) in [5.74, 6) is 0.0111. The molecule has 0 radical (unpaired) electrons. The van der Waals surface area contributed by atoms with Crippen molar-refractivity contribution in [2.24, 2.45) is 0 Å². The number of allylic oxidation sites excluding steroid dienone is 1. The number of hydrogen-bond acceptors (Lipinski definition) is 2. The standard InChI is InChI=1S/C26H25NO/c1-5-8-25-23(7-3)24(18(4)28)17-26(27-25)22-15-13-21(14-16-22)20-11-9-19(6-2)10-12-20/h5,7-17H,3,6H2,1-2,4H3/b8-5-. The predicted molar refractivity (Wildman–Crippen MR) is 119 cm³/mol. The van der Waals surface area contributed by atoms with Crippen LogP contribution in [0.15, 0.2) is 67.3 Å². The van der Waals surface area contributed by atoms with E-state index in [4.69, 9.17) is 4.98 Å². The van der Waals surface area contributed by atoms with E-state index in [9.17, 15) is 4.79 Å². The van der Waals surface area contributed by atoms with Crippen molar-refractivity contribution in [1.82, 2.24) is 4.98 Å². The maximum absolute atomic E-state index is 12.2. The van der Waals surface area contributed by atoms with E-state index in [1.165, 1.54) is 11.1 Å². The molecule has 3 rings (SSSR count). The highest BCUT2D eigenvalue weighted by molar-refractivity contribution is 5.99. The van der Waals surface area contributed by atoms with Gasteiger partial charge in [-0.05, 0) is 49.1 Å². The summed E-state index contributed by atoms with van der Waals surface area (Å²) in [6.45, 7) is 9.52. The molecule has 0 saturated heterocycles. The molecular formula is C26H25NO. The van der Waals surface area contributed by atoms with Gasteiger partial charge in [0.25, 0.3) is 0 Å². The molecule has 3 aromatic rings. The van der Waals surface area contributed by atoms with Crippen molar-refractivity contribution in [3.8, 4) is 22.4 Å². The predicted octanol–water partition coefficient (Wildman–Crippen LogP) is 6.86. The Morgan fingerprint density at radius 2 is 1.57 bits per heavy atom. The number of pyridine rings is 1. The first kappa shape index (κ1) is 19.5. The highest BCUT2D eigenvalue weighted by atomic mass is 16.1. The molecule has 2 nitrogen and oxygen atoms in total. The van der Waals surface area contributed by atoms with Crippen LogP contribution in [-0.2, 0) is 6.42 Å². The van der Waals surface area contributed by atoms with Crippen molar-refractivity contribution in [2.75, 3.05) is 0 Å². The number of Topliss-reactive ketones (excluding diaryl/α,β-unsaturated/α-hetero) is 1. The topological polar surface area (TPSA) is 30.0 Å². The van der Waals surface area contributed by atoms with E-state index in [-0.39, 0.29) is 5.78 Å². The Balaban J connectivity index is 2.03. The molecule has 0 bridgehead atoms. The number of aromatic nitrogens is 1. The lowest BCUT2D eigenvalue weighted by Crippen LogP contribution is -2.02. The van der Waals surface area contributed by atoms with Crippen molar-refractivity contribution in [2.45, 2.75) is 27.2 Å². The van der Waals surface area contributed by atoms with E-state index < -0.39 is 0 Å². The van der Waals surface area contributed by atoms with E-state index in [0.29, 0.717) is 5.56 Å². The van der Waals surface area contributed by atoms with Gasteiger partial charge in [-0.15, -0.1) is 0 Å². The van der Waals surface area contributed by atoms with Gasteiger partial charge in [-0.25, -0.2) is 4.98 Å². The van der Waals surface area contributed by atoms with E-state index >= 15 is 0 Å². The van der Waals surface area contributed by atoms with Crippen LogP contribution < -0.4 is 0 Å². The van der Waals surface area contributed by atoms with Crippen LogP contribution in [0.1, 0.15) is 48.0 Å². The van der Waals surface area contributed by atoms with E-state index in [0.717, 1.165) is 34.5 Å². The smallest absolute Gasteiger partial charge is 0.160 e. The average molecular weight is 367 g/mol. The van der Waals surface area contributed by atoms with Crippen LogP contribution in [0, 0.1) is 0 Å². The van der Waals surface area contributed by atoms with Gasteiger partial charge in [0.1, 0.15) is 0 Å². The largest absolute Gasteiger partial charge is 0.294 e. The Bertz CT molecular complexity index is 1030. The van der Waals surface area contributed by atoms with Crippen LogP contribution in [-0.4, -0.2) is 10.8 Å². The highest BCUT2D eigenvalue weighted by Gasteiger charge is 2.13. The zero-order chi connectivity index (χ0) is 20.1.